The van der Waals surface area contributed by atoms with Gasteiger partial charge in [0.25, 0.3) is 0 Å². The van der Waals surface area contributed by atoms with Gasteiger partial charge in [-0.2, -0.15) is 0 Å². The topological polar surface area (TPSA) is 86.5 Å². The first-order chi connectivity index (χ1) is 12.6. The van der Waals surface area contributed by atoms with E-state index in [0.717, 1.165) is 25.0 Å². The average Bonchev–Trinajstić information content (AvgIpc) is 3.25. The summed E-state index contributed by atoms with van der Waals surface area (Å²) in [6, 6.07) is 10.8. The Bertz CT molecular complexity index is 784. The molecule has 2 fully saturated rings. The van der Waals surface area contributed by atoms with Crippen LogP contribution in [0.1, 0.15) is 19.3 Å². The van der Waals surface area contributed by atoms with Crippen molar-refractivity contribution >= 4 is 36.4 Å². The van der Waals surface area contributed by atoms with Crippen molar-refractivity contribution in [3.05, 3.63) is 42.6 Å². The number of amides is 1. The molecule has 1 aromatic heterocycles. The van der Waals surface area contributed by atoms with E-state index in [0.29, 0.717) is 29.2 Å². The first-order valence-corrected chi connectivity index (χ1v) is 8.98. The van der Waals surface area contributed by atoms with Crippen molar-refractivity contribution in [2.75, 3.05) is 12.4 Å². The summed E-state index contributed by atoms with van der Waals surface area (Å²) in [7, 11) is 1.62. The summed E-state index contributed by atoms with van der Waals surface area (Å²) in [4.78, 5) is 16.9. The molecule has 2 aliphatic carbocycles. The van der Waals surface area contributed by atoms with Crippen LogP contribution in [0, 0.1) is 17.8 Å². The van der Waals surface area contributed by atoms with E-state index in [-0.39, 0.29) is 42.7 Å². The van der Waals surface area contributed by atoms with E-state index in [1.165, 1.54) is 0 Å². The summed E-state index contributed by atoms with van der Waals surface area (Å²) in [5.41, 5.74) is 6.90. The quantitative estimate of drug-likeness (QED) is 0.754. The zero-order valence-corrected chi connectivity index (χ0v) is 17.2. The average molecular weight is 426 g/mol. The Hall–Kier alpha value is -2.02. The SMILES string of the molecule is COc1ccc(Oc2ccc(NC(=O)C3C4CCC(C4)C3N)cn2)cc1.Cl.Cl. The molecule has 152 valence electrons. The van der Waals surface area contributed by atoms with Crippen LogP contribution in [0.25, 0.3) is 0 Å². The fourth-order valence-corrected chi connectivity index (χ4v) is 4.23. The summed E-state index contributed by atoms with van der Waals surface area (Å²) in [6.45, 7) is 0. The molecule has 3 N–H and O–H groups in total. The number of nitrogens with zero attached hydrogens (tertiary/aromatic N) is 1. The summed E-state index contributed by atoms with van der Waals surface area (Å²) in [5.74, 6) is 2.77. The lowest BCUT2D eigenvalue weighted by Crippen LogP contribution is -2.42. The van der Waals surface area contributed by atoms with Crippen LogP contribution >= 0.6 is 24.8 Å². The van der Waals surface area contributed by atoms with Gasteiger partial charge < -0.3 is 20.5 Å². The van der Waals surface area contributed by atoms with Crippen LogP contribution in [-0.2, 0) is 4.79 Å². The standard InChI is InChI=1S/C20H23N3O3.2ClH/c1-25-15-5-7-16(8-6-15)26-17-9-4-14(11-22-17)23-20(24)18-12-2-3-13(10-12)19(18)21;;/h4-9,11-13,18-19H,2-3,10,21H2,1H3,(H,23,24);2*1H. The maximum Gasteiger partial charge on any atom is 0.229 e. The van der Waals surface area contributed by atoms with Gasteiger partial charge in [0.1, 0.15) is 11.5 Å². The van der Waals surface area contributed by atoms with Gasteiger partial charge in [-0.1, -0.05) is 0 Å². The molecular weight excluding hydrogens is 401 g/mol. The molecule has 8 heteroatoms. The van der Waals surface area contributed by atoms with Crippen molar-refractivity contribution in [2.24, 2.45) is 23.5 Å². The zero-order chi connectivity index (χ0) is 18.1. The second-order valence-corrected chi connectivity index (χ2v) is 7.09. The van der Waals surface area contributed by atoms with E-state index in [4.69, 9.17) is 15.2 Å². The molecular formula is C20H25Cl2N3O3. The van der Waals surface area contributed by atoms with E-state index in [1.54, 1.807) is 25.4 Å². The molecule has 2 bridgehead atoms. The number of ether oxygens (including phenoxy) is 2. The third-order valence-corrected chi connectivity index (χ3v) is 5.57. The lowest BCUT2D eigenvalue weighted by Gasteiger charge is -2.26. The molecule has 6 nitrogen and oxygen atoms in total. The monoisotopic (exact) mass is 425 g/mol. The molecule has 4 atom stereocenters. The molecule has 0 saturated heterocycles. The number of carbonyl (C=O) groups excluding carboxylic acids is 1. The van der Waals surface area contributed by atoms with Crippen molar-refractivity contribution in [1.82, 2.24) is 4.98 Å². The smallest absolute Gasteiger partial charge is 0.229 e. The molecule has 0 aliphatic heterocycles. The number of rotatable bonds is 5. The maximum absolute atomic E-state index is 12.6. The maximum atomic E-state index is 12.6. The van der Waals surface area contributed by atoms with Gasteiger partial charge in [-0.3, -0.25) is 4.79 Å². The Morgan fingerprint density at radius 3 is 2.32 bits per heavy atom. The highest BCUT2D eigenvalue weighted by Crippen LogP contribution is 2.47. The van der Waals surface area contributed by atoms with Crippen LogP contribution in [0.15, 0.2) is 42.6 Å². The molecule has 2 aromatic rings. The van der Waals surface area contributed by atoms with Crippen LogP contribution < -0.4 is 20.5 Å². The minimum absolute atomic E-state index is 0. The van der Waals surface area contributed by atoms with Crippen LogP contribution in [0.4, 0.5) is 5.69 Å². The van der Waals surface area contributed by atoms with Gasteiger partial charge in [0.15, 0.2) is 0 Å². The number of hydrogen-bond donors (Lipinski definition) is 2. The van der Waals surface area contributed by atoms with E-state index in [9.17, 15) is 4.79 Å². The minimum atomic E-state index is -0.0797. The third-order valence-electron chi connectivity index (χ3n) is 5.57. The zero-order valence-electron chi connectivity index (χ0n) is 15.5. The summed E-state index contributed by atoms with van der Waals surface area (Å²) in [5, 5.41) is 2.95. The van der Waals surface area contributed by atoms with Crippen LogP contribution in [0.5, 0.6) is 17.4 Å². The van der Waals surface area contributed by atoms with Gasteiger partial charge in [-0.05, 0) is 61.4 Å². The normalized spacial score (nSPS) is 24.6. The summed E-state index contributed by atoms with van der Waals surface area (Å²) in [6.07, 6.45) is 4.97. The van der Waals surface area contributed by atoms with Gasteiger partial charge in [0.2, 0.25) is 11.8 Å². The van der Waals surface area contributed by atoms with Gasteiger partial charge in [-0.25, -0.2) is 4.98 Å². The minimum Gasteiger partial charge on any atom is -0.497 e. The number of hydrogen-bond acceptors (Lipinski definition) is 5. The lowest BCUT2D eigenvalue weighted by molar-refractivity contribution is -0.121. The molecule has 1 heterocycles. The summed E-state index contributed by atoms with van der Waals surface area (Å²) >= 11 is 0. The fraction of sp³-hybridized carbons (Fsp3) is 0.400. The van der Waals surface area contributed by atoms with Crippen molar-refractivity contribution in [2.45, 2.75) is 25.3 Å². The predicted molar refractivity (Wildman–Crippen MR) is 113 cm³/mol. The number of anilines is 1. The molecule has 0 radical (unpaired) electrons. The second kappa shape index (κ2) is 9.45. The molecule has 2 aliphatic rings. The van der Waals surface area contributed by atoms with Gasteiger partial charge >= 0.3 is 0 Å². The van der Waals surface area contributed by atoms with Gasteiger partial charge in [0, 0.05) is 12.1 Å². The number of carbonyl (C=O) groups is 1. The van der Waals surface area contributed by atoms with Crippen molar-refractivity contribution in [3.8, 4) is 17.4 Å². The predicted octanol–water partition coefficient (Wildman–Crippen LogP) is 4.04. The van der Waals surface area contributed by atoms with E-state index in [1.807, 2.05) is 24.3 Å². The van der Waals surface area contributed by atoms with Crippen molar-refractivity contribution < 1.29 is 14.3 Å². The van der Waals surface area contributed by atoms with Gasteiger partial charge in [0.05, 0.1) is 24.9 Å². The van der Waals surface area contributed by atoms with Crippen LogP contribution in [0.2, 0.25) is 0 Å². The van der Waals surface area contributed by atoms with Crippen LogP contribution in [-0.4, -0.2) is 24.0 Å². The molecule has 1 amide bonds. The number of benzene rings is 1. The number of nitrogens with one attached hydrogen (secondary N) is 1. The Morgan fingerprint density at radius 1 is 1.07 bits per heavy atom. The summed E-state index contributed by atoms with van der Waals surface area (Å²) < 4.78 is 10.8. The molecule has 0 spiro atoms. The Labute approximate surface area is 177 Å². The highest BCUT2D eigenvalue weighted by molar-refractivity contribution is 5.93. The second-order valence-electron chi connectivity index (χ2n) is 7.09. The van der Waals surface area contributed by atoms with E-state index >= 15 is 0 Å². The molecule has 4 rings (SSSR count). The molecule has 2 saturated carbocycles. The first-order valence-electron chi connectivity index (χ1n) is 8.98. The van der Waals surface area contributed by atoms with Gasteiger partial charge in [-0.15, -0.1) is 24.8 Å². The van der Waals surface area contributed by atoms with Crippen molar-refractivity contribution in [3.63, 3.8) is 0 Å². The number of methoxy groups -OCH3 is 1. The molecule has 28 heavy (non-hydrogen) atoms. The van der Waals surface area contributed by atoms with E-state index < -0.39 is 0 Å². The number of pyridine rings is 1. The Morgan fingerprint density at radius 2 is 1.75 bits per heavy atom. The van der Waals surface area contributed by atoms with Crippen molar-refractivity contribution in [1.29, 1.82) is 0 Å². The third kappa shape index (κ3) is 4.51. The Kier molecular flexibility index (Phi) is 7.52. The van der Waals surface area contributed by atoms with Crippen LogP contribution in [0.3, 0.4) is 0 Å². The molecule has 1 aromatic carbocycles. The number of halogens is 2. The lowest BCUT2D eigenvalue weighted by atomic mass is 9.84. The number of aromatic nitrogens is 1. The number of nitrogens with two attached hydrogens (primary N) is 1. The molecule has 4 unspecified atom stereocenters. The Balaban J connectivity index is 0.00000140. The number of fused-ring (bicyclic) bond motifs is 2. The highest BCUT2D eigenvalue weighted by Gasteiger charge is 2.49. The van der Waals surface area contributed by atoms with E-state index in [2.05, 4.69) is 10.3 Å². The highest BCUT2D eigenvalue weighted by atomic mass is 35.5. The largest absolute Gasteiger partial charge is 0.497 e. The fourth-order valence-electron chi connectivity index (χ4n) is 4.23. The first kappa shape index (κ1) is 22.3.